The van der Waals surface area contributed by atoms with Gasteiger partial charge in [0, 0.05) is 18.2 Å². The first kappa shape index (κ1) is 10.1. The molecule has 1 fully saturated rings. The number of rotatable bonds is 4. The summed E-state index contributed by atoms with van der Waals surface area (Å²) >= 11 is 0. The molecule has 80 valence electrons. The Balaban J connectivity index is 2.43. The third-order valence-corrected chi connectivity index (χ3v) is 2.76. The Morgan fingerprint density at radius 3 is 2.80 bits per heavy atom. The van der Waals surface area contributed by atoms with Crippen LogP contribution in [-0.2, 0) is 0 Å². The lowest BCUT2D eigenvalue weighted by Crippen LogP contribution is -2.27. The molecule has 0 N–H and O–H groups in total. The number of hydrogen-bond donors (Lipinski definition) is 0. The zero-order chi connectivity index (χ0) is 10.8. The Bertz CT molecular complexity index is 374. The molecule has 0 aromatic heterocycles. The van der Waals surface area contributed by atoms with Crippen LogP contribution in [0.1, 0.15) is 30.1 Å². The quantitative estimate of drug-likeness (QED) is 0.707. The van der Waals surface area contributed by atoms with Gasteiger partial charge in [-0.2, -0.15) is 0 Å². The molecular weight excluding hydrogens is 193 g/mol. The van der Waals surface area contributed by atoms with E-state index >= 15 is 0 Å². The molecule has 2 nitrogen and oxygen atoms in total. The highest BCUT2D eigenvalue weighted by atomic mass is 19.1. The summed E-state index contributed by atoms with van der Waals surface area (Å²) in [5, 5.41) is 0. The van der Waals surface area contributed by atoms with Gasteiger partial charge in [-0.3, -0.25) is 4.79 Å². The zero-order valence-electron chi connectivity index (χ0n) is 8.74. The molecule has 1 aliphatic carbocycles. The SMILES string of the molecule is CCN(c1c(F)cccc1C=O)C1CC1. The van der Waals surface area contributed by atoms with Crippen LogP contribution in [0.25, 0.3) is 0 Å². The van der Waals surface area contributed by atoms with Crippen LogP contribution in [-0.4, -0.2) is 18.9 Å². The summed E-state index contributed by atoms with van der Waals surface area (Å²) in [6, 6.07) is 5.07. The molecule has 0 spiro atoms. The van der Waals surface area contributed by atoms with Crippen LogP contribution in [0.3, 0.4) is 0 Å². The topological polar surface area (TPSA) is 20.3 Å². The van der Waals surface area contributed by atoms with Crippen LogP contribution in [0.15, 0.2) is 18.2 Å². The Morgan fingerprint density at radius 2 is 2.27 bits per heavy atom. The number of anilines is 1. The first-order chi connectivity index (χ1) is 7.27. The Labute approximate surface area is 88.7 Å². The molecule has 2 rings (SSSR count). The van der Waals surface area contributed by atoms with E-state index in [1.54, 1.807) is 12.1 Å². The highest BCUT2D eigenvalue weighted by Gasteiger charge is 2.30. The van der Waals surface area contributed by atoms with Gasteiger partial charge in [0.15, 0.2) is 6.29 Å². The fourth-order valence-corrected chi connectivity index (χ4v) is 1.92. The summed E-state index contributed by atoms with van der Waals surface area (Å²) < 4.78 is 13.7. The van der Waals surface area contributed by atoms with Gasteiger partial charge in [-0.25, -0.2) is 4.39 Å². The second-order valence-electron chi connectivity index (χ2n) is 3.81. The minimum absolute atomic E-state index is 0.298. The smallest absolute Gasteiger partial charge is 0.152 e. The van der Waals surface area contributed by atoms with E-state index in [-0.39, 0.29) is 5.82 Å². The molecule has 0 radical (unpaired) electrons. The monoisotopic (exact) mass is 207 g/mol. The van der Waals surface area contributed by atoms with Crippen molar-refractivity contribution in [3.05, 3.63) is 29.6 Å². The number of benzene rings is 1. The fraction of sp³-hybridized carbons (Fsp3) is 0.417. The van der Waals surface area contributed by atoms with E-state index in [0.717, 1.165) is 25.7 Å². The van der Waals surface area contributed by atoms with Crippen molar-refractivity contribution in [2.45, 2.75) is 25.8 Å². The maximum Gasteiger partial charge on any atom is 0.152 e. The van der Waals surface area contributed by atoms with Gasteiger partial charge in [-0.05, 0) is 31.9 Å². The summed E-state index contributed by atoms with van der Waals surface area (Å²) in [5.74, 6) is -0.298. The van der Waals surface area contributed by atoms with Crippen molar-refractivity contribution in [3.63, 3.8) is 0 Å². The molecule has 0 unspecified atom stereocenters. The van der Waals surface area contributed by atoms with Crippen LogP contribution in [0, 0.1) is 5.82 Å². The summed E-state index contributed by atoms with van der Waals surface area (Å²) in [5.41, 5.74) is 0.918. The number of aldehydes is 1. The summed E-state index contributed by atoms with van der Waals surface area (Å²) in [4.78, 5) is 12.8. The van der Waals surface area contributed by atoms with E-state index in [1.807, 2.05) is 11.8 Å². The molecule has 1 aromatic rings. The van der Waals surface area contributed by atoms with Crippen molar-refractivity contribution in [3.8, 4) is 0 Å². The van der Waals surface area contributed by atoms with Crippen LogP contribution in [0.5, 0.6) is 0 Å². The molecule has 0 heterocycles. The Hall–Kier alpha value is -1.38. The molecule has 15 heavy (non-hydrogen) atoms. The maximum atomic E-state index is 13.7. The Morgan fingerprint density at radius 1 is 1.53 bits per heavy atom. The fourth-order valence-electron chi connectivity index (χ4n) is 1.92. The standard InChI is InChI=1S/C12H14FNO/c1-2-14(10-6-7-10)12-9(8-15)4-3-5-11(12)13/h3-5,8,10H,2,6-7H2,1H3. The number of carbonyl (C=O) groups is 1. The van der Waals surface area contributed by atoms with Crippen molar-refractivity contribution in [2.75, 3.05) is 11.4 Å². The lowest BCUT2D eigenvalue weighted by molar-refractivity contribution is 0.112. The third kappa shape index (κ3) is 1.87. The lowest BCUT2D eigenvalue weighted by Gasteiger charge is -2.24. The van der Waals surface area contributed by atoms with Crippen molar-refractivity contribution in [2.24, 2.45) is 0 Å². The van der Waals surface area contributed by atoms with Gasteiger partial charge in [0.2, 0.25) is 0 Å². The molecule has 1 aromatic carbocycles. The van der Waals surface area contributed by atoms with Gasteiger partial charge in [0.25, 0.3) is 0 Å². The van der Waals surface area contributed by atoms with Crippen molar-refractivity contribution in [1.29, 1.82) is 0 Å². The molecule has 0 atom stereocenters. The van der Waals surface area contributed by atoms with Gasteiger partial charge in [-0.1, -0.05) is 6.07 Å². The number of para-hydroxylation sites is 1. The second kappa shape index (κ2) is 4.01. The van der Waals surface area contributed by atoms with Crippen LogP contribution in [0.4, 0.5) is 10.1 Å². The molecule has 3 heteroatoms. The van der Waals surface area contributed by atoms with E-state index in [2.05, 4.69) is 0 Å². The maximum absolute atomic E-state index is 13.7. The van der Waals surface area contributed by atoms with Gasteiger partial charge in [0.05, 0.1) is 5.69 Å². The highest BCUT2D eigenvalue weighted by molar-refractivity contribution is 5.85. The molecular formula is C12H14FNO. The number of carbonyl (C=O) groups excluding carboxylic acids is 1. The van der Waals surface area contributed by atoms with Gasteiger partial charge in [0.1, 0.15) is 5.82 Å². The first-order valence-electron chi connectivity index (χ1n) is 5.28. The minimum Gasteiger partial charge on any atom is -0.366 e. The lowest BCUT2D eigenvalue weighted by atomic mass is 10.1. The largest absolute Gasteiger partial charge is 0.366 e. The van der Waals surface area contributed by atoms with Crippen molar-refractivity contribution < 1.29 is 9.18 Å². The number of nitrogens with zero attached hydrogens (tertiary/aromatic N) is 1. The number of hydrogen-bond acceptors (Lipinski definition) is 2. The predicted octanol–water partition coefficient (Wildman–Crippen LogP) is 2.63. The molecule has 1 aliphatic rings. The molecule has 0 bridgehead atoms. The second-order valence-corrected chi connectivity index (χ2v) is 3.81. The van der Waals surface area contributed by atoms with E-state index in [0.29, 0.717) is 17.3 Å². The normalized spacial score (nSPS) is 15.1. The average molecular weight is 207 g/mol. The molecule has 1 saturated carbocycles. The molecule has 0 aliphatic heterocycles. The zero-order valence-corrected chi connectivity index (χ0v) is 8.74. The van der Waals surface area contributed by atoms with E-state index in [1.165, 1.54) is 6.07 Å². The van der Waals surface area contributed by atoms with Crippen LogP contribution < -0.4 is 4.90 Å². The Kier molecular flexibility index (Phi) is 2.71. The summed E-state index contributed by atoms with van der Waals surface area (Å²) in [6.45, 7) is 2.73. The summed E-state index contributed by atoms with van der Waals surface area (Å²) in [6.07, 6.45) is 2.92. The summed E-state index contributed by atoms with van der Waals surface area (Å²) in [7, 11) is 0. The molecule has 0 amide bonds. The van der Waals surface area contributed by atoms with Crippen molar-refractivity contribution in [1.82, 2.24) is 0 Å². The van der Waals surface area contributed by atoms with Gasteiger partial charge < -0.3 is 4.90 Å². The van der Waals surface area contributed by atoms with Gasteiger partial charge in [-0.15, -0.1) is 0 Å². The minimum atomic E-state index is -0.298. The van der Waals surface area contributed by atoms with Gasteiger partial charge >= 0.3 is 0 Å². The van der Waals surface area contributed by atoms with Crippen LogP contribution in [0.2, 0.25) is 0 Å². The highest BCUT2D eigenvalue weighted by Crippen LogP contribution is 2.34. The first-order valence-corrected chi connectivity index (χ1v) is 5.28. The number of halogens is 1. The van der Waals surface area contributed by atoms with E-state index in [9.17, 15) is 9.18 Å². The molecule has 0 saturated heterocycles. The van der Waals surface area contributed by atoms with E-state index < -0.39 is 0 Å². The third-order valence-electron chi connectivity index (χ3n) is 2.76. The average Bonchev–Trinajstić information content (AvgIpc) is 3.05. The van der Waals surface area contributed by atoms with Crippen LogP contribution >= 0.6 is 0 Å². The van der Waals surface area contributed by atoms with Crippen molar-refractivity contribution >= 4 is 12.0 Å². The predicted molar refractivity (Wildman–Crippen MR) is 57.8 cm³/mol. The van der Waals surface area contributed by atoms with E-state index in [4.69, 9.17) is 0 Å².